The van der Waals surface area contributed by atoms with Gasteiger partial charge in [0.25, 0.3) is 0 Å². The lowest BCUT2D eigenvalue weighted by molar-refractivity contribution is -0.140. The maximum atomic E-state index is 13.5. The van der Waals surface area contributed by atoms with E-state index in [0.717, 1.165) is 31.6 Å². The van der Waals surface area contributed by atoms with E-state index in [1.165, 1.54) is 4.90 Å². The molecule has 0 aromatic heterocycles. The number of nitrogens with zero attached hydrogens (tertiary/aromatic N) is 2. The Balaban J connectivity index is 1.88. The number of likely N-dealkylation sites (tertiary alicyclic amines) is 1. The molecule has 0 saturated carbocycles. The molecular weight excluding hydrogens is 432 g/mol. The standard InChI is InChI=1S/C26H38N4O4/c1-5-8-17-9-14-20-22(21(17)24(32)27-4)26(34)30(15-16-31)23(20)25(33)28-18-10-12-19(13-11-18)29(6-2)7-3/h9-14,17,20-23,31H,5-8,15-16H2,1-4H3,(H,27,32)(H,28,33)/t17-,20+,21-,22+,23+/m1/s1. The third-order valence-electron chi connectivity index (χ3n) is 7.16. The summed E-state index contributed by atoms with van der Waals surface area (Å²) in [6.07, 6.45) is 5.62. The summed E-state index contributed by atoms with van der Waals surface area (Å²) in [5.74, 6) is -2.35. The second-order valence-electron chi connectivity index (χ2n) is 8.99. The number of carbonyl (C=O) groups is 3. The van der Waals surface area contributed by atoms with Crippen LogP contribution in [0.1, 0.15) is 33.6 Å². The monoisotopic (exact) mass is 470 g/mol. The SMILES string of the molecule is CCC[C@@H]1C=C[C@H]2[C@H](C(=O)N(CCO)[C@@H]2C(=O)Nc2ccc(N(CC)CC)cc2)[C@@H]1C(=O)NC. The van der Waals surface area contributed by atoms with Crippen LogP contribution in [0.25, 0.3) is 0 Å². The van der Waals surface area contributed by atoms with E-state index in [-0.39, 0.29) is 36.8 Å². The fraction of sp³-hybridized carbons (Fsp3) is 0.577. The van der Waals surface area contributed by atoms with Gasteiger partial charge in [-0.05, 0) is 50.5 Å². The summed E-state index contributed by atoms with van der Waals surface area (Å²) in [5, 5.41) is 15.3. The van der Waals surface area contributed by atoms with Crippen LogP contribution in [0.4, 0.5) is 11.4 Å². The molecular formula is C26H38N4O4. The van der Waals surface area contributed by atoms with Gasteiger partial charge in [-0.15, -0.1) is 0 Å². The van der Waals surface area contributed by atoms with Crippen molar-refractivity contribution in [1.29, 1.82) is 0 Å². The lowest BCUT2D eigenvalue weighted by Crippen LogP contribution is -2.45. The molecule has 8 nitrogen and oxygen atoms in total. The van der Waals surface area contributed by atoms with Gasteiger partial charge in [0.05, 0.1) is 18.4 Å². The van der Waals surface area contributed by atoms with Crippen LogP contribution in [0.2, 0.25) is 0 Å². The summed E-state index contributed by atoms with van der Waals surface area (Å²) in [4.78, 5) is 43.4. The molecule has 1 aromatic rings. The van der Waals surface area contributed by atoms with Crippen molar-refractivity contribution in [2.24, 2.45) is 23.7 Å². The molecule has 0 bridgehead atoms. The van der Waals surface area contributed by atoms with Gasteiger partial charge in [-0.1, -0.05) is 25.5 Å². The Hall–Kier alpha value is -2.87. The minimum Gasteiger partial charge on any atom is -0.395 e. The van der Waals surface area contributed by atoms with Crippen LogP contribution in [0.3, 0.4) is 0 Å². The predicted octanol–water partition coefficient (Wildman–Crippen LogP) is 2.26. The van der Waals surface area contributed by atoms with Crippen molar-refractivity contribution in [2.75, 3.05) is 43.5 Å². The Bertz CT molecular complexity index is 897. The Morgan fingerprint density at radius 1 is 1.06 bits per heavy atom. The summed E-state index contributed by atoms with van der Waals surface area (Å²) in [6, 6.07) is 6.87. The summed E-state index contributed by atoms with van der Waals surface area (Å²) in [6.45, 7) is 7.83. The van der Waals surface area contributed by atoms with Crippen LogP contribution >= 0.6 is 0 Å². The third kappa shape index (κ3) is 4.97. The van der Waals surface area contributed by atoms with Crippen molar-refractivity contribution in [3.8, 4) is 0 Å². The summed E-state index contributed by atoms with van der Waals surface area (Å²) >= 11 is 0. The number of aliphatic hydroxyl groups excluding tert-OH is 1. The van der Waals surface area contributed by atoms with Gasteiger partial charge in [-0.25, -0.2) is 0 Å². The van der Waals surface area contributed by atoms with E-state index in [1.807, 2.05) is 36.4 Å². The van der Waals surface area contributed by atoms with Crippen molar-refractivity contribution < 1.29 is 19.5 Å². The number of hydrogen-bond acceptors (Lipinski definition) is 5. The number of aliphatic hydroxyl groups is 1. The Kier molecular flexibility index (Phi) is 8.72. The van der Waals surface area contributed by atoms with Gasteiger partial charge in [0.15, 0.2) is 0 Å². The molecule has 1 fully saturated rings. The van der Waals surface area contributed by atoms with Crippen LogP contribution in [-0.2, 0) is 14.4 Å². The average molecular weight is 471 g/mol. The topological polar surface area (TPSA) is 102 Å². The first-order valence-corrected chi connectivity index (χ1v) is 12.4. The van der Waals surface area contributed by atoms with E-state index in [1.54, 1.807) is 7.05 Å². The number of rotatable bonds is 10. The van der Waals surface area contributed by atoms with Crippen molar-refractivity contribution in [3.63, 3.8) is 0 Å². The lowest BCUT2D eigenvalue weighted by Gasteiger charge is -2.34. The Morgan fingerprint density at radius 2 is 1.74 bits per heavy atom. The fourth-order valence-electron chi connectivity index (χ4n) is 5.54. The normalized spacial score (nSPS) is 25.7. The highest BCUT2D eigenvalue weighted by molar-refractivity contribution is 6.02. The van der Waals surface area contributed by atoms with Gasteiger partial charge in [0, 0.05) is 44.0 Å². The Labute approximate surface area is 202 Å². The smallest absolute Gasteiger partial charge is 0.247 e. The maximum Gasteiger partial charge on any atom is 0.247 e. The number of carbonyl (C=O) groups excluding carboxylic acids is 3. The number of β-amino-alcohol motifs (C(OH)–C–C–N with tert-alkyl or cyclic N) is 1. The number of benzene rings is 1. The number of fused-ring (bicyclic) bond motifs is 1. The van der Waals surface area contributed by atoms with Gasteiger partial charge in [-0.3, -0.25) is 14.4 Å². The molecule has 3 amide bonds. The first kappa shape index (κ1) is 25.7. The molecule has 0 spiro atoms. The predicted molar refractivity (Wildman–Crippen MR) is 133 cm³/mol. The molecule has 1 aromatic carbocycles. The van der Waals surface area contributed by atoms with Crippen molar-refractivity contribution in [2.45, 2.75) is 39.7 Å². The molecule has 1 heterocycles. The van der Waals surface area contributed by atoms with E-state index in [2.05, 4.69) is 36.3 Å². The molecule has 5 atom stereocenters. The van der Waals surface area contributed by atoms with Crippen molar-refractivity contribution in [1.82, 2.24) is 10.2 Å². The number of amides is 3. The van der Waals surface area contributed by atoms with E-state index in [0.29, 0.717) is 5.69 Å². The summed E-state index contributed by atoms with van der Waals surface area (Å²) in [5.41, 5.74) is 1.72. The zero-order chi connectivity index (χ0) is 24.8. The van der Waals surface area contributed by atoms with Crippen LogP contribution in [-0.4, -0.2) is 67.1 Å². The fourth-order valence-corrected chi connectivity index (χ4v) is 5.54. The van der Waals surface area contributed by atoms with Crippen LogP contribution in [0.15, 0.2) is 36.4 Å². The quantitative estimate of drug-likeness (QED) is 0.455. The highest BCUT2D eigenvalue weighted by Gasteiger charge is 2.56. The number of hydrogen-bond donors (Lipinski definition) is 3. The van der Waals surface area contributed by atoms with E-state index >= 15 is 0 Å². The minimum absolute atomic E-state index is 0.0531. The highest BCUT2D eigenvalue weighted by Crippen LogP contribution is 2.45. The first-order valence-electron chi connectivity index (χ1n) is 12.4. The molecule has 186 valence electrons. The largest absolute Gasteiger partial charge is 0.395 e. The first-order chi connectivity index (χ1) is 16.4. The summed E-state index contributed by atoms with van der Waals surface area (Å²) < 4.78 is 0. The van der Waals surface area contributed by atoms with Gasteiger partial charge >= 0.3 is 0 Å². The number of nitrogens with one attached hydrogen (secondary N) is 2. The minimum atomic E-state index is -0.780. The Morgan fingerprint density at radius 3 is 2.29 bits per heavy atom. The number of allylic oxidation sites excluding steroid dienone is 1. The average Bonchev–Trinajstić information content (AvgIpc) is 3.12. The summed E-state index contributed by atoms with van der Waals surface area (Å²) in [7, 11) is 1.58. The molecule has 8 heteroatoms. The molecule has 1 aliphatic heterocycles. The second-order valence-corrected chi connectivity index (χ2v) is 8.99. The molecule has 3 rings (SSSR count). The van der Waals surface area contributed by atoms with E-state index in [4.69, 9.17) is 0 Å². The van der Waals surface area contributed by atoms with E-state index < -0.39 is 23.8 Å². The van der Waals surface area contributed by atoms with Crippen molar-refractivity contribution in [3.05, 3.63) is 36.4 Å². The third-order valence-corrected chi connectivity index (χ3v) is 7.16. The molecule has 1 saturated heterocycles. The lowest BCUT2D eigenvalue weighted by atomic mass is 9.68. The molecule has 1 aliphatic carbocycles. The number of anilines is 2. The van der Waals surface area contributed by atoms with Crippen LogP contribution < -0.4 is 15.5 Å². The molecule has 0 radical (unpaired) electrons. The van der Waals surface area contributed by atoms with Crippen LogP contribution in [0, 0.1) is 23.7 Å². The second kappa shape index (κ2) is 11.5. The highest BCUT2D eigenvalue weighted by atomic mass is 16.3. The molecule has 3 N–H and O–H groups in total. The van der Waals surface area contributed by atoms with Crippen molar-refractivity contribution >= 4 is 29.1 Å². The zero-order valence-corrected chi connectivity index (χ0v) is 20.7. The van der Waals surface area contributed by atoms with Gasteiger partial charge < -0.3 is 25.5 Å². The van der Waals surface area contributed by atoms with Gasteiger partial charge in [0.1, 0.15) is 6.04 Å². The van der Waals surface area contributed by atoms with Gasteiger partial charge in [0.2, 0.25) is 17.7 Å². The molecule has 0 unspecified atom stereocenters. The molecule has 34 heavy (non-hydrogen) atoms. The van der Waals surface area contributed by atoms with E-state index in [9.17, 15) is 19.5 Å². The maximum absolute atomic E-state index is 13.5. The zero-order valence-electron chi connectivity index (χ0n) is 20.7. The van der Waals surface area contributed by atoms with Crippen LogP contribution in [0.5, 0.6) is 0 Å². The van der Waals surface area contributed by atoms with Gasteiger partial charge in [-0.2, -0.15) is 0 Å². The molecule has 2 aliphatic rings.